The number of nitrogens with zero attached hydrogens (tertiary/aromatic N) is 2. The molecule has 0 atom stereocenters. The predicted molar refractivity (Wildman–Crippen MR) is 80.1 cm³/mol. The molecule has 0 saturated heterocycles. The van der Waals surface area contributed by atoms with Crippen molar-refractivity contribution in [3.05, 3.63) is 51.9 Å². The van der Waals surface area contributed by atoms with Crippen molar-refractivity contribution in [2.45, 2.75) is 32.7 Å². The van der Waals surface area contributed by atoms with E-state index in [9.17, 15) is 4.79 Å². The normalized spacial score (nSPS) is 14.1. The van der Waals surface area contributed by atoms with Crippen molar-refractivity contribution in [2.24, 2.45) is 0 Å². The van der Waals surface area contributed by atoms with Crippen LogP contribution in [-0.2, 0) is 24.2 Å². The highest BCUT2D eigenvalue weighted by atomic mass is 35.5. The van der Waals surface area contributed by atoms with Gasteiger partial charge in [0, 0.05) is 23.6 Å². The molecule has 1 aliphatic rings. The minimum atomic E-state index is 0.157. The van der Waals surface area contributed by atoms with E-state index in [-0.39, 0.29) is 5.91 Å². The Labute approximate surface area is 128 Å². The number of hydrogen-bond donors (Lipinski definition) is 0. The Bertz CT molecular complexity index is 649. The molecule has 4 nitrogen and oxygen atoms in total. The third kappa shape index (κ3) is 3.10. The van der Waals surface area contributed by atoms with Crippen LogP contribution < -0.4 is 0 Å². The molecular weight excluding hydrogens is 288 g/mol. The first-order valence-electron chi connectivity index (χ1n) is 7.10. The standard InChI is InChI=1S/C16H17ClN2O2/c1-11-14-8-9-19(10-15(14)21-18-11)16(20)7-4-12-2-5-13(17)6-3-12/h2-3,5-6H,4,7-10H2,1H3. The summed E-state index contributed by atoms with van der Waals surface area (Å²) in [6, 6.07) is 7.63. The molecule has 0 bridgehead atoms. The van der Waals surface area contributed by atoms with Crippen LogP contribution in [-0.4, -0.2) is 22.5 Å². The van der Waals surface area contributed by atoms with Gasteiger partial charge in [0.2, 0.25) is 5.91 Å². The number of amides is 1. The molecule has 2 aromatic rings. The van der Waals surface area contributed by atoms with E-state index in [1.165, 1.54) is 0 Å². The number of aryl methyl sites for hydroxylation is 2. The molecule has 21 heavy (non-hydrogen) atoms. The number of halogens is 1. The Morgan fingerprint density at radius 1 is 1.38 bits per heavy atom. The lowest BCUT2D eigenvalue weighted by molar-refractivity contribution is -0.132. The molecule has 1 aliphatic heterocycles. The first-order chi connectivity index (χ1) is 10.1. The van der Waals surface area contributed by atoms with E-state index in [1.807, 2.05) is 36.1 Å². The molecule has 0 unspecified atom stereocenters. The minimum absolute atomic E-state index is 0.157. The highest BCUT2D eigenvalue weighted by Crippen LogP contribution is 2.22. The van der Waals surface area contributed by atoms with Crippen LogP contribution in [0.1, 0.15) is 29.0 Å². The Morgan fingerprint density at radius 3 is 2.90 bits per heavy atom. The molecule has 3 rings (SSSR count). The quantitative estimate of drug-likeness (QED) is 0.875. The van der Waals surface area contributed by atoms with Gasteiger partial charge in [0.25, 0.3) is 0 Å². The van der Waals surface area contributed by atoms with E-state index in [2.05, 4.69) is 5.16 Å². The maximum absolute atomic E-state index is 12.3. The molecule has 0 fully saturated rings. The van der Waals surface area contributed by atoms with Crippen LogP contribution in [0.2, 0.25) is 5.02 Å². The van der Waals surface area contributed by atoms with Gasteiger partial charge in [-0.1, -0.05) is 28.9 Å². The molecule has 5 heteroatoms. The summed E-state index contributed by atoms with van der Waals surface area (Å²) >= 11 is 5.85. The highest BCUT2D eigenvalue weighted by Gasteiger charge is 2.25. The second-order valence-corrected chi connectivity index (χ2v) is 5.80. The van der Waals surface area contributed by atoms with Crippen molar-refractivity contribution in [2.75, 3.05) is 6.54 Å². The average Bonchev–Trinajstić information content (AvgIpc) is 2.87. The van der Waals surface area contributed by atoms with Crippen molar-refractivity contribution < 1.29 is 9.32 Å². The predicted octanol–water partition coefficient (Wildman–Crippen LogP) is 3.15. The van der Waals surface area contributed by atoms with E-state index in [0.717, 1.165) is 42.0 Å². The van der Waals surface area contributed by atoms with E-state index in [4.69, 9.17) is 16.1 Å². The molecule has 110 valence electrons. The van der Waals surface area contributed by atoms with Crippen LogP contribution in [0.25, 0.3) is 0 Å². The van der Waals surface area contributed by atoms with E-state index in [0.29, 0.717) is 18.0 Å². The van der Waals surface area contributed by atoms with E-state index < -0.39 is 0 Å². The fraction of sp³-hybridized carbons (Fsp3) is 0.375. The molecule has 0 saturated carbocycles. The largest absolute Gasteiger partial charge is 0.359 e. The lowest BCUT2D eigenvalue weighted by atomic mass is 10.0. The molecule has 0 radical (unpaired) electrons. The lowest BCUT2D eigenvalue weighted by Gasteiger charge is -2.25. The summed E-state index contributed by atoms with van der Waals surface area (Å²) in [5, 5.41) is 4.69. The topological polar surface area (TPSA) is 46.3 Å². The summed E-state index contributed by atoms with van der Waals surface area (Å²) < 4.78 is 5.28. The number of rotatable bonds is 3. The van der Waals surface area contributed by atoms with Gasteiger partial charge >= 0.3 is 0 Å². The lowest BCUT2D eigenvalue weighted by Crippen LogP contribution is -2.35. The van der Waals surface area contributed by atoms with Gasteiger partial charge in [0.15, 0.2) is 5.76 Å². The molecule has 1 aromatic heterocycles. The van der Waals surface area contributed by atoms with Gasteiger partial charge in [-0.3, -0.25) is 4.79 Å². The maximum Gasteiger partial charge on any atom is 0.223 e. The van der Waals surface area contributed by atoms with E-state index >= 15 is 0 Å². The zero-order valence-corrected chi connectivity index (χ0v) is 12.7. The van der Waals surface area contributed by atoms with E-state index in [1.54, 1.807) is 0 Å². The Balaban J connectivity index is 1.58. The average molecular weight is 305 g/mol. The summed E-state index contributed by atoms with van der Waals surface area (Å²) in [5.41, 5.74) is 3.23. The molecule has 1 aromatic carbocycles. The van der Waals surface area contributed by atoms with Crippen LogP contribution in [0, 0.1) is 6.92 Å². The third-order valence-electron chi connectivity index (χ3n) is 3.93. The monoisotopic (exact) mass is 304 g/mol. The smallest absolute Gasteiger partial charge is 0.223 e. The Hall–Kier alpha value is -1.81. The molecule has 0 aliphatic carbocycles. The summed E-state index contributed by atoms with van der Waals surface area (Å²) in [4.78, 5) is 14.1. The van der Waals surface area contributed by atoms with Gasteiger partial charge in [-0.05, 0) is 37.5 Å². The summed E-state index contributed by atoms with van der Waals surface area (Å²) in [7, 11) is 0. The Morgan fingerprint density at radius 2 is 2.14 bits per heavy atom. The van der Waals surface area contributed by atoms with Gasteiger partial charge in [-0.15, -0.1) is 0 Å². The number of aromatic nitrogens is 1. The van der Waals surface area contributed by atoms with Crippen LogP contribution in [0.15, 0.2) is 28.8 Å². The maximum atomic E-state index is 12.3. The van der Waals surface area contributed by atoms with Crippen LogP contribution in [0.3, 0.4) is 0 Å². The van der Waals surface area contributed by atoms with Crippen molar-refractivity contribution >= 4 is 17.5 Å². The summed E-state index contributed by atoms with van der Waals surface area (Å²) in [6.45, 7) is 3.23. The molecule has 1 amide bonds. The van der Waals surface area contributed by atoms with Crippen molar-refractivity contribution in [1.29, 1.82) is 0 Å². The fourth-order valence-corrected chi connectivity index (χ4v) is 2.78. The Kier molecular flexibility index (Phi) is 3.97. The first-order valence-corrected chi connectivity index (χ1v) is 7.47. The van der Waals surface area contributed by atoms with Crippen LogP contribution >= 0.6 is 11.6 Å². The SMILES string of the molecule is Cc1noc2c1CCN(C(=O)CCc1ccc(Cl)cc1)C2. The summed E-state index contributed by atoms with van der Waals surface area (Å²) in [5.74, 6) is 0.989. The molecule has 2 heterocycles. The van der Waals surface area contributed by atoms with Crippen molar-refractivity contribution in [3.8, 4) is 0 Å². The van der Waals surface area contributed by atoms with Gasteiger partial charge in [0.05, 0.1) is 12.2 Å². The molecular formula is C16H17ClN2O2. The number of hydrogen-bond acceptors (Lipinski definition) is 3. The van der Waals surface area contributed by atoms with Crippen LogP contribution in [0.5, 0.6) is 0 Å². The third-order valence-corrected chi connectivity index (χ3v) is 4.18. The van der Waals surface area contributed by atoms with Gasteiger partial charge in [0.1, 0.15) is 0 Å². The minimum Gasteiger partial charge on any atom is -0.359 e. The number of benzene rings is 1. The number of carbonyl (C=O) groups is 1. The van der Waals surface area contributed by atoms with Crippen LogP contribution in [0.4, 0.5) is 0 Å². The van der Waals surface area contributed by atoms with Crippen molar-refractivity contribution in [3.63, 3.8) is 0 Å². The van der Waals surface area contributed by atoms with Gasteiger partial charge in [-0.25, -0.2) is 0 Å². The number of carbonyl (C=O) groups excluding carboxylic acids is 1. The van der Waals surface area contributed by atoms with Gasteiger partial charge < -0.3 is 9.42 Å². The zero-order valence-electron chi connectivity index (χ0n) is 11.9. The molecule has 0 spiro atoms. The van der Waals surface area contributed by atoms with Gasteiger partial charge in [-0.2, -0.15) is 0 Å². The zero-order chi connectivity index (χ0) is 14.8. The van der Waals surface area contributed by atoms with Crippen molar-refractivity contribution in [1.82, 2.24) is 10.1 Å². The molecule has 0 N–H and O–H groups in total. The number of fused-ring (bicyclic) bond motifs is 1. The second-order valence-electron chi connectivity index (χ2n) is 5.36. The fourth-order valence-electron chi connectivity index (χ4n) is 2.65. The highest BCUT2D eigenvalue weighted by molar-refractivity contribution is 6.30. The second kappa shape index (κ2) is 5.90. The summed E-state index contributed by atoms with van der Waals surface area (Å²) in [6.07, 6.45) is 2.07. The first kappa shape index (κ1) is 14.1.